The van der Waals surface area contributed by atoms with Crippen LogP contribution in [0.25, 0.3) is 0 Å². The number of hydrogen-bond donors (Lipinski definition) is 1. The van der Waals surface area contributed by atoms with Crippen LogP contribution in [-0.4, -0.2) is 17.0 Å². The van der Waals surface area contributed by atoms with E-state index in [-0.39, 0.29) is 17.4 Å². The fraction of sp³-hybridized carbons (Fsp3) is 0.893. The first kappa shape index (κ1) is 22.6. The molecule has 2 heteroatoms. The molecule has 4 aliphatic rings. The summed E-state index contributed by atoms with van der Waals surface area (Å²) < 4.78 is 0. The van der Waals surface area contributed by atoms with E-state index in [0.29, 0.717) is 52.6 Å². The van der Waals surface area contributed by atoms with Crippen molar-refractivity contribution in [2.24, 2.45) is 58.2 Å². The van der Waals surface area contributed by atoms with Gasteiger partial charge in [-0.25, -0.2) is 0 Å². The normalized spacial score (nSPS) is 48.3. The van der Waals surface area contributed by atoms with Gasteiger partial charge in [-0.1, -0.05) is 53.7 Å². The Morgan fingerprint density at radius 2 is 1.60 bits per heavy atom. The lowest BCUT2D eigenvalue weighted by molar-refractivity contribution is -0.160. The van der Waals surface area contributed by atoms with Gasteiger partial charge in [-0.15, -0.1) is 0 Å². The molecule has 4 fully saturated rings. The molecule has 0 bridgehead atoms. The predicted octanol–water partition coefficient (Wildman–Crippen LogP) is 6.67. The molecule has 0 spiro atoms. The Morgan fingerprint density at radius 1 is 0.933 bits per heavy atom. The average molecular weight is 415 g/mol. The third-order valence-corrected chi connectivity index (χ3v) is 10.9. The minimum Gasteiger partial charge on any atom is -0.393 e. The number of allylic oxidation sites excluding steroid dienone is 2. The lowest BCUT2D eigenvalue weighted by Gasteiger charge is -2.60. The quantitative estimate of drug-likeness (QED) is 0.522. The second-order valence-corrected chi connectivity index (χ2v) is 12.6. The Labute approximate surface area is 185 Å². The lowest BCUT2D eigenvalue weighted by atomic mass is 9.44. The van der Waals surface area contributed by atoms with Crippen molar-refractivity contribution in [2.45, 2.75) is 99.0 Å². The first-order valence-corrected chi connectivity index (χ1v) is 13.0. The van der Waals surface area contributed by atoms with Gasteiger partial charge in [-0.2, -0.15) is 0 Å². The van der Waals surface area contributed by atoms with Crippen LogP contribution in [0.5, 0.6) is 0 Å². The SMILES string of the molecule is CC(C)C(C)C=CC(C)[C@H]1CCC2C3C(=O)C[C@H]4C[C@@H](O)CC[C@]4(C)C3CC[C@@]21C. The van der Waals surface area contributed by atoms with E-state index in [0.717, 1.165) is 25.7 Å². The van der Waals surface area contributed by atoms with Crippen molar-refractivity contribution in [1.82, 2.24) is 0 Å². The number of carbonyl (C=O) groups excluding carboxylic acids is 1. The number of aliphatic hydroxyl groups is 1. The van der Waals surface area contributed by atoms with Gasteiger partial charge in [0.2, 0.25) is 0 Å². The maximum absolute atomic E-state index is 13.5. The summed E-state index contributed by atoms with van der Waals surface area (Å²) in [7, 11) is 0. The molecule has 0 aliphatic heterocycles. The molecular weight excluding hydrogens is 368 g/mol. The molecule has 0 aromatic rings. The van der Waals surface area contributed by atoms with Crippen LogP contribution in [0.2, 0.25) is 0 Å². The summed E-state index contributed by atoms with van der Waals surface area (Å²) in [6.45, 7) is 14.4. The van der Waals surface area contributed by atoms with Gasteiger partial charge < -0.3 is 5.11 Å². The summed E-state index contributed by atoms with van der Waals surface area (Å²) in [6, 6.07) is 0. The van der Waals surface area contributed by atoms with Crippen LogP contribution in [0.4, 0.5) is 0 Å². The predicted molar refractivity (Wildman–Crippen MR) is 124 cm³/mol. The lowest BCUT2D eigenvalue weighted by Crippen LogP contribution is -2.57. The zero-order valence-electron chi connectivity index (χ0n) is 20.4. The molecule has 0 radical (unpaired) electrons. The van der Waals surface area contributed by atoms with Crippen LogP contribution >= 0.6 is 0 Å². The van der Waals surface area contributed by atoms with Crippen LogP contribution in [0, 0.1) is 58.2 Å². The van der Waals surface area contributed by atoms with Gasteiger partial charge in [-0.3, -0.25) is 4.79 Å². The molecule has 5 unspecified atom stereocenters. The Balaban J connectivity index is 1.55. The summed E-state index contributed by atoms with van der Waals surface area (Å²) in [4.78, 5) is 13.5. The number of ketones is 1. The van der Waals surface area contributed by atoms with Crippen molar-refractivity contribution in [3.63, 3.8) is 0 Å². The second kappa shape index (κ2) is 8.05. The summed E-state index contributed by atoms with van der Waals surface area (Å²) >= 11 is 0. The van der Waals surface area contributed by atoms with Crippen molar-refractivity contribution < 1.29 is 9.90 Å². The monoisotopic (exact) mass is 414 g/mol. The molecular formula is C28H46O2. The smallest absolute Gasteiger partial charge is 0.136 e. The summed E-state index contributed by atoms with van der Waals surface area (Å²) in [5.74, 6) is 5.02. The van der Waals surface area contributed by atoms with Crippen LogP contribution in [0.15, 0.2) is 12.2 Å². The van der Waals surface area contributed by atoms with Crippen LogP contribution < -0.4 is 0 Å². The van der Waals surface area contributed by atoms with E-state index in [1.54, 1.807) is 0 Å². The molecule has 0 aromatic heterocycles. The number of rotatable bonds is 4. The number of aliphatic hydroxyl groups excluding tert-OH is 1. The van der Waals surface area contributed by atoms with Gasteiger partial charge in [-0.05, 0) is 97.2 Å². The molecule has 4 aliphatic carbocycles. The van der Waals surface area contributed by atoms with Gasteiger partial charge in [0.15, 0.2) is 0 Å². The molecule has 170 valence electrons. The molecule has 2 nitrogen and oxygen atoms in total. The van der Waals surface area contributed by atoms with Crippen molar-refractivity contribution >= 4 is 5.78 Å². The standard InChI is InChI=1S/C28H46O2/c1-17(2)18(3)7-8-19(4)22-9-10-23-26-24(12-14-28(22,23)6)27(5)13-11-21(29)15-20(27)16-25(26)30/h7-8,17-24,26,29H,9-16H2,1-6H3/t18?,19?,20-,21+,22-,23?,24?,26?,27+,28-/m1/s1. The van der Waals surface area contributed by atoms with E-state index in [4.69, 9.17) is 0 Å². The molecule has 1 N–H and O–H groups in total. The number of Topliss-reactive ketones (excluding diaryl/α,β-unsaturated/α-hetero) is 1. The van der Waals surface area contributed by atoms with E-state index in [2.05, 4.69) is 53.7 Å². The number of fused-ring (bicyclic) bond motifs is 5. The molecule has 30 heavy (non-hydrogen) atoms. The Bertz CT molecular complexity index is 680. The highest BCUT2D eigenvalue weighted by Gasteiger charge is 2.62. The van der Waals surface area contributed by atoms with E-state index >= 15 is 0 Å². The summed E-state index contributed by atoms with van der Waals surface area (Å²) in [5, 5.41) is 10.2. The Kier molecular flexibility index (Phi) is 6.06. The highest BCUT2D eigenvalue weighted by atomic mass is 16.3. The summed E-state index contributed by atoms with van der Waals surface area (Å²) in [5.41, 5.74) is 0.592. The third-order valence-electron chi connectivity index (χ3n) is 10.9. The maximum Gasteiger partial charge on any atom is 0.136 e. The molecule has 0 amide bonds. The Hall–Kier alpha value is -0.630. The summed E-state index contributed by atoms with van der Waals surface area (Å²) in [6.07, 6.45) is 13.4. The highest BCUT2D eigenvalue weighted by molar-refractivity contribution is 5.83. The minimum absolute atomic E-state index is 0.182. The Morgan fingerprint density at radius 3 is 2.30 bits per heavy atom. The van der Waals surface area contributed by atoms with Gasteiger partial charge >= 0.3 is 0 Å². The van der Waals surface area contributed by atoms with Crippen molar-refractivity contribution in [1.29, 1.82) is 0 Å². The minimum atomic E-state index is -0.182. The third kappa shape index (κ3) is 3.54. The van der Waals surface area contributed by atoms with Crippen LogP contribution in [-0.2, 0) is 4.79 Å². The second-order valence-electron chi connectivity index (χ2n) is 12.6. The maximum atomic E-state index is 13.5. The average Bonchev–Trinajstić information content (AvgIpc) is 3.04. The topological polar surface area (TPSA) is 37.3 Å². The van der Waals surface area contributed by atoms with E-state index < -0.39 is 0 Å². The molecule has 0 heterocycles. The molecule has 0 saturated heterocycles. The first-order valence-electron chi connectivity index (χ1n) is 13.0. The molecule has 10 atom stereocenters. The zero-order valence-corrected chi connectivity index (χ0v) is 20.4. The van der Waals surface area contributed by atoms with E-state index in [1.807, 2.05) is 0 Å². The number of carbonyl (C=O) groups is 1. The van der Waals surface area contributed by atoms with Crippen molar-refractivity contribution in [3.8, 4) is 0 Å². The molecule has 4 rings (SSSR count). The zero-order chi connectivity index (χ0) is 21.8. The largest absolute Gasteiger partial charge is 0.393 e. The van der Waals surface area contributed by atoms with Crippen LogP contribution in [0.1, 0.15) is 92.9 Å². The highest BCUT2D eigenvalue weighted by Crippen LogP contribution is 2.67. The fourth-order valence-electron chi connectivity index (χ4n) is 8.52. The first-order chi connectivity index (χ1) is 14.1. The van der Waals surface area contributed by atoms with Gasteiger partial charge in [0.1, 0.15) is 5.78 Å². The molecule has 4 saturated carbocycles. The van der Waals surface area contributed by atoms with Crippen molar-refractivity contribution in [2.75, 3.05) is 0 Å². The van der Waals surface area contributed by atoms with E-state index in [9.17, 15) is 9.90 Å². The van der Waals surface area contributed by atoms with Crippen molar-refractivity contribution in [3.05, 3.63) is 12.2 Å². The molecule has 0 aromatic carbocycles. The van der Waals surface area contributed by atoms with E-state index in [1.165, 1.54) is 25.7 Å². The van der Waals surface area contributed by atoms with Gasteiger partial charge in [0.05, 0.1) is 6.10 Å². The number of hydrogen-bond acceptors (Lipinski definition) is 2. The van der Waals surface area contributed by atoms with Gasteiger partial charge in [0.25, 0.3) is 0 Å². The van der Waals surface area contributed by atoms with Gasteiger partial charge in [0, 0.05) is 12.3 Å². The van der Waals surface area contributed by atoms with Crippen LogP contribution in [0.3, 0.4) is 0 Å². The fourth-order valence-corrected chi connectivity index (χ4v) is 8.52.